The van der Waals surface area contributed by atoms with Crippen LogP contribution < -0.4 is 5.32 Å². The Bertz CT molecular complexity index is 466. The van der Waals surface area contributed by atoms with Crippen molar-refractivity contribution in [3.63, 3.8) is 0 Å². The maximum absolute atomic E-state index is 11.6. The molecule has 1 aliphatic rings. The smallest absolute Gasteiger partial charge is 0.358 e. The zero-order valence-electron chi connectivity index (χ0n) is 11.4. The number of hydrogen-bond acceptors (Lipinski definition) is 4. The van der Waals surface area contributed by atoms with E-state index < -0.39 is 5.97 Å². The number of nitrogens with zero attached hydrogens (tertiary/aromatic N) is 3. The number of hydrogen-bond donors (Lipinski definition) is 2. The molecule has 2 N–H and O–H groups in total. The van der Waals surface area contributed by atoms with Crippen molar-refractivity contribution in [2.24, 2.45) is 5.92 Å². The number of rotatable bonds is 7. The number of carboxylic acid groups (broad SMARTS) is 1. The third-order valence-corrected chi connectivity index (χ3v) is 3.65. The number of carbonyl (C=O) groups is 2. The zero-order valence-corrected chi connectivity index (χ0v) is 11.4. The molecule has 2 rings (SSSR count). The first-order valence-corrected chi connectivity index (χ1v) is 7.05. The Balaban J connectivity index is 1.63. The minimum atomic E-state index is -1.15. The highest BCUT2D eigenvalue weighted by Crippen LogP contribution is 2.28. The van der Waals surface area contributed by atoms with Crippen molar-refractivity contribution in [2.75, 3.05) is 6.54 Å². The van der Waals surface area contributed by atoms with Crippen LogP contribution in [0.2, 0.25) is 0 Å². The lowest BCUT2D eigenvalue weighted by atomic mass is 10.0. The second kappa shape index (κ2) is 7.02. The molecular weight excluding hydrogens is 260 g/mol. The third kappa shape index (κ3) is 4.32. The first-order valence-electron chi connectivity index (χ1n) is 7.05. The van der Waals surface area contributed by atoms with E-state index in [2.05, 4.69) is 15.6 Å². The molecule has 7 heteroatoms. The number of carbonyl (C=O) groups excluding carboxylic acids is 1. The van der Waals surface area contributed by atoms with Gasteiger partial charge in [0.15, 0.2) is 5.69 Å². The van der Waals surface area contributed by atoms with Gasteiger partial charge < -0.3 is 10.4 Å². The van der Waals surface area contributed by atoms with Gasteiger partial charge in [0.2, 0.25) is 5.91 Å². The summed E-state index contributed by atoms with van der Waals surface area (Å²) in [5.74, 6) is -0.480. The van der Waals surface area contributed by atoms with Crippen LogP contribution in [0.3, 0.4) is 0 Å². The van der Waals surface area contributed by atoms with E-state index in [0.29, 0.717) is 6.54 Å². The molecule has 0 aromatic carbocycles. The molecule has 0 bridgehead atoms. The summed E-state index contributed by atoms with van der Waals surface area (Å²) >= 11 is 0. The van der Waals surface area contributed by atoms with Crippen LogP contribution in [0, 0.1) is 5.92 Å². The summed E-state index contributed by atoms with van der Waals surface area (Å²) in [4.78, 5) is 22.3. The lowest BCUT2D eigenvalue weighted by Gasteiger charge is -2.09. The fraction of sp³-hybridized carbons (Fsp3) is 0.692. The SMILES string of the molecule is O=C(Cn1cc(C(=O)O)nn1)NCCCC1CCCC1. The Hall–Kier alpha value is -1.92. The molecule has 0 saturated heterocycles. The quantitative estimate of drug-likeness (QED) is 0.728. The molecule has 0 atom stereocenters. The Morgan fingerprint density at radius 3 is 2.80 bits per heavy atom. The van der Waals surface area contributed by atoms with Crippen LogP contribution in [0.15, 0.2) is 6.20 Å². The van der Waals surface area contributed by atoms with Crippen LogP contribution in [0.4, 0.5) is 0 Å². The molecule has 1 fully saturated rings. The minimum absolute atomic E-state index is 0.00368. The molecule has 1 saturated carbocycles. The second-order valence-electron chi connectivity index (χ2n) is 5.25. The predicted molar refractivity (Wildman–Crippen MR) is 71.2 cm³/mol. The number of aromatic nitrogens is 3. The first kappa shape index (κ1) is 14.5. The van der Waals surface area contributed by atoms with E-state index in [9.17, 15) is 9.59 Å². The van der Waals surface area contributed by atoms with Crippen molar-refractivity contribution in [2.45, 2.75) is 45.1 Å². The number of amides is 1. The van der Waals surface area contributed by atoms with Crippen molar-refractivity contribution in [3.8, 4) is 0 Å². The van der Waals surface area contributed by atoms with E-state index in [1.54, 1.807) is 0 Å². The second-order valence-corrected chi connectivity index (χ2v) is 5.25. The summed E-state index contributed by atoms with van der Waals surface area (Å²) < 4.78 is 1.23. The summed E-state index contributed by atoms with van der Waals surface area (Å²) in [6.45, 7) is 0.666. The van der Waals surface area contributed by atoms with Crippen LogP contribution in [0.1, 0.15) is 49.0 Å². The van der Waals surface area contributed by atoms with Gasteiger partial charge in [-0.25, -0.2) is 9.48 Å². The highest BCUT2D eigenvalue weighted by Gasteiger charge is 2.14. The maximum Gasteiger partial charge on any atom is 0.358 e. The topological polar surface area (TPSA) is 97.1 Å². The van der Waals surface area contributed by atoms with E-state index in [1.807, 2.05) is 0 Å². The van der Waals surface area contributed by atoms with Gasteiger partial charge in [-0.2, -0.15) is 0 Å². The minimum Gasteiger partial charge on any atom is -0.476 e. The predicted octanol–water partition coefficient (Wildman–Crippen LogP) is 1.06. The van der Waals surface area contributed by atoms with Gasteiger partial charge in [-0.1, -0.05) is 30.9 Å². The first-order chi connectivity index (χ1) is 9.65. The van der Waals surface area contributed by atoms with E-state index in [-0.39, 0.29) is 18.1 Å². The van der Waals surface area contributed by atoms with E-state index in [1.165, 1.54) is 43.0 Å². The van der Waals surface area contributed by atoms with Crippen molar-refractivity contribution in [1.82, 2.24) is 20.3 Å². The Labute approximate surface area is 117 Å². The Morgan fingerprint density at radius 2 is 2.15 bits per heavy atom. The molecule has 110 valence electrons. The van der Waals surface area contributed by atoms with E-state index in [4.69, 9.17) is 5.11 Å². The van der Waals surface area contributed by atoms with E-state index in [0.717, 1.165) is 12.3 Å². The molecule has 1 heterocycles. The van der Waals surface area contributed by atoms with Gasteiger partial charge in [0, 0.05) is 6.54 Å². The van der Waals surface area contributed by atoms with Crippen LogP contribution in [-0.4, -0.2) is 38.5 Å². The summed E-state index contributed by atoms with van der Waals surface area (Å²) in [6.07, 6.45) is 8.75. The van der Waals surface area contributed by atoms with Crippen LogP contribution >= 0.6 is 0 Å². The summed E-state index contributed by atoms with van der Waals surface area (Å²) in [7, 11) is 0. The van der Waals surface area contributed by atoms with Gasteiger partial charge in [-0.3, -0.25) is 4.79 Å². The average molecular weight is 280 g/mol. The molecule has 1 aromatic rings. The summed E-state index contributed by atoms with van der Waals surface area (Å²) in [6, 6.07) is 0. The highest BCUT2D eigenvalue weighted by atomic mass is 16.4. The molecule has 0 radical (unpaired) electrons. The fourth-order valence-electron chi connectivity index (χ4n) is 2.59. The van der Waals surface area contributed by atoms with Crippen molar-refractivity contribution in [3.05, 3.63) is 11.9 Å². The maximum atomic E-state index is 11.6. The highest BCUT2D eigenvalue weighted by molar-refractivity contribution is 5.84. The molecule has 1 amide bonds. The monoisotopic (exact) mass is 280 g/mol. The van der Waals surface area contributed by atoms with E-state index >= 15 is 0 Å². The van der Waals surface area contributed by atoms with Gasteiger partial charge in [-0.15, -0.1) is 5.10 Å². The molecule has 20 heavy (non-hydrogen) atoms. The van der Waals surface area contributed by atoms with Gasteiger partial charge >= 0.3 is 5.97 Å². The van der Waals surface area contributed by atoms with Crippen LogP contribution in [-0.2, 0) is 11.3 Å². The van der Waals surface area contributed by atoms with Crippen molar-refractivity contribution in [1.29, 1.82) is 0 Å². The standard InChI is InChI=1S/C13H20N4O3/c18-12(9-17-8-11(13(19)20)15-16-17)14-7-3-6-10-4-1-2-5-10/h8,10H,1-7,9H2,(H,14,18)(H,19,20). The lowest BCUT2D eigenvalue weighted by molar-refractivity contribution is -0.121. The molecule has 0 aliphatic heterocycles. The normalized spacial score (nSPS) is 15.4. The van der Waals surface area contributed by atoms with Crippen LogP contribution in [0.25, 0.3) is 0 Å². The molecular formula is C13H20N4O3. The number of nitrogens with one attached hydrogen (secondary N) is 1. The van der Waals surface area contributed by atoms with Gasteiger partial charge in [-0.05, 0) is 18.8 Å². The zero-order chi connectivity index (χ0) is 14.4. The largest absolute Gasteiger partial charge is 0.476 e. The third-order valence-electron chi connectivity index (χ3n) is 3.65. The summed E-state index contributed by atoms with van der Waals surface area (Å²) in [5.41, 5.74) is -0.154. The molecule has 7 nitrogen and oxygen atoms in total. The molecule has 0 unspecified atom stereocenters. The molecule has 0 spiro atoms. The molecule has 1 aromatic heterocycles. The van der Waals surface area contributed by atoms with Gasteiger partial charge in [0.05, 0.1) is 6.20 Å². The Kier molecular flexibility index (Phi) is 5.09. The molecule has 1 aliphatic carbocycles. The van der Waals surface area contributed by atoms with Gasteiger partial charge in [0.1, 0.15) is 6.54 Å². The number of carboxylic acids is 1. The number of aromatic carboxylic acids is 1. The van der Waals surface area contributed by atoms with Crippen molar-refractivity contribution < 1.29 is 14.7 Å². The fourth-order valence-corrected chi connectivity index (χ4v) is 2.59. The van der Waals surface area contributed by atoms with Gasteiger partial charge in [0.25, 0.3) is 0 Å². The van der Waals surface area contributed by atoms with Crippen molar-refractivity contribution >= 4 is 11.9 Å². The summed E-state index contributed by atoms with van der Waals surface area (Å²) in [5, 5.41) is 18.6. The lowest BCUT2D eigenvalue weighted by Crippen LogP contribution is -2.28. The Morgan fingerprint density at radius 1 is 1.40 bits per heavy atom. The average Bonchev–Trinajstić information content (AvgIpc) is 3.05. The van der Waals surface area contributed by atoms with Crippen LogP contribution in [0.5, 0.6) is 0 Å².